The standard InChI is InChI=1S/C17H21N3O2/c21-16(10-20-13-18-14-4-1-2-5-15(14)20)19-8-7-17(11-19)6-3-9-22-12-17/h1-2,4-5,13H,3,6-12H2. The molecule has 1 spiro atoms. The van der Waals surface area contributed by atoms with Crippen molar-refractivity contribution in [1.82, 2.24) is 14.5 Å². The molecule has 1 unspecified atom stereocenters. The molecule has 5 nitrogen and oxygen atoms in total. The molecule has 1 aromatic heterocycles. The number of para-hydroxylation sites is 2. The molecule has 3 heterocycles. The van der Waals surface area contributed by atoms with Gasteiger partial charge in [0, 0.05) is 25.1 Å². The first-order valence-electron chi connectivity index (χ1n) is 8.01. The molecule has 4 rings (SSSR count). The highest BCUT2D eigenvalue weighted by Crippen LogP contribution is 2.38. The number of ether oxygens (including phenoxy) is 1. The van der Waals surface area contributed by atoms with Crippen molar-refractivity contribution in [2.75, 3.05) is 26.3 Å². The fraction of sp³-hybridized carbons (Fsp3) is 0.529. The second-order valence-corrected chi connectivity index (χ2v) is 6.58. The molecule has 2 saturated heterocycles. The fourth-order valence-corrected chi connectivity index (χ4v) is 3.76. The number of likely N-dealkylation sites (tertiary alicyclic amines) is 1. The fourth-order valence-electron chi connectivity index (χ4n) is 3.76. The van der Waals surface area contributed by atoms with E-state index in [1.807, 2.05) is 33.7 Å². The van der Waals surface area contributed by atoms with Crippen molar-refractivity contribution in [3.05, 3.63) is 30.6 Å². The summed E-state index contributed by atoms with van der Waals surface area (Å²) in [7, 11) is 0. The number of carbonyl (C=O) groups excluding carboxylic acids is 1. The van der Waals surface area contributed by atoms with E-state index in [2.05, 4.69) is 4.98 Å². The molecule has 2 aliphatic rings. The number of hydrogen-bond acceptors (Lipinski definition) is 3. The van der Waals surface area contributed by atoms with Crippen LogP contribution in [0.1, 0.15) is 19.3 Å². The Bertz CT molecular complexity index is 688. The van der Waals surface area contributed by atoms with Crippen molar-refractivity contribution in [2.24, 2.45) is 5.41 Å². The Morgan fingerprint density at radius 2 is 2.23 bits per heavy atom. The molecule has 0 aliphatic carbocycles. The van der Waals surface area contributed by atoms with Crippen LogP contribution in [0.4, 0.5) is 0 Å². The van der Waals surface area contributed by atoms with E-state index in [9.17, 15) is 4.79 Å². The summed E-state index contributed by atoms with van der Waals surface area (Å²) in [6.45, 7) is 3.76. The van der Waals surface area contributed by atoms with Gasteiger partial charge in [-0.3, -0.25) is 4.79 Å². The number of benzene rings is 1. The summed E-state index contributed by atoms with van der Waals surface area (Å²) in [5.74, 6) is 0.186. The number of nitrogens with zero attached hydrogens (tertiary/aromatic N) is 3. The number of aromatic nitrogens is 2. The quantitative estimate of drug-likeness (QED) is 0.853. The van der Waals surface area contributed by atoms with Gasteiger partial charge < -0.3 is 14.2 Å². The van der Waals surface area contributed by atoms with E-state index in [4.69, 9.17) is 4.74 Å². The SMILES string of the molecule is O=C(Cn1cnc2ccccc21)N1CCC2(CCCOC2)C1. The average molecular weight is 299 g/mol. The molecule has 0 radical (unpaired) electrons. The highest BCUT2D eigenvalue weighted by atomic mass is 16.5. The summed E-state index contributed by atoms with van der Waals surface area (Å²) in [4.78, 5) is 19.0. The highest BCUT2D eigenvalue weighted by molar-refractivity contribution is 5.80. The third-order valence-corrected chi connectivity index (χ3v) is 5.03. The van der Waals surface area contributed by atoms with E-state index in [1.165, 1.54) is 6.42 Å². The van der Waals surface area contributed by atoms with Crippen molar-refractivity contribution in [1.29, 1.82) is 0 Å². The van der Waals surface area contributed by atoms with Crippen molar-refractivity contribution >= 4 is 16.9 Å². The van der Waals surface area contributed by atoms with Crippen LogP contribution in [-0.4, -0.2) is 46.7 Å². The Balaban J connectivity index is 1.46. The third-order valence-electron chi connectivity index (χ3n) is 5.03. The van der Waals surface area contributed by atoms with Crippen molar-refractivity contribution in [3.63, 3.8) is 0 Å². The zero-order valence-corrected chi connectivity index (χ0v) is 12.7. The number of amides is 1. The maximum absolute atomic E-state index is 12.6. The lowest BCUT2D eigenvalue weighted by molar-refractivity contribution is -0.131. The first-order chi connectivity index (χ1) is 10.8. The van der Waals surface area contributed by atoms with Gasteiger partial charge in [-0.15, -0.1) is 0 Å². The Kier molecular flexibility index (Phi) is 3.37. The van der Waals surface area contributed by atoms with Crippen LogP contribution < -0.4 is 0 Å². The van der Waals surface area contributed by atoms with E-state index in [0.29, 0.717) is 6.54 Å². The molecule has 116 valence electrons. The molecule has 2 fully saturated rings. The molecule has 5 heteroatoms. The van der Waals surface area contributed by atoms with E-state index in [-0.39, 0.29) is 11.3 Å². The van der Waals surface area contributed by atoms with Crippen LogP contribution in [0.25, 0.3) is 11.0 Å². The van der Waals surface area contributed by atoms with Gasteiger partial charge in [-0.25, -0.2) is 4.98 Å². The Morgan fingerprint density at radius 3 is 3.09 bits per heavy atom. The number of rotatable bonds is 2. The molecular formula is C17H21N3O2. The van der Waals surface area contributed by atoms with Gasteiger partial charge in [-0.1, -0.05) is 12.1 Å². The summed E-state index contributed by atoms with van der Waals surface area (Å²) < 4.78 is 7.59. The van der Waals surface area contributed by atoms with Gasteiger partial charge in [0.25, 0.3) is 0 Å². The zero-order valence-electron chi connectivity index (χ0n) is 12.7. The predicted molar refractivity (Wildman–Crippen MR) is 83.4 cm³/mol. The number of carbonyl (C=O) groups is 1. The van der Waals surface area contributed by atoms with Crippen LogP contribution in [0.5, 0.6) is 0 Å². The molecule has 2 aromatic rings. The van der Waals surface area contributed by atoms with Crippen molar-refractivity contribution in [2.45, 2.75) is 25.8 Å². The number of imidazole rings is 1. The van der Waals surface area contributed by atoms with Crippen molar-refractivity contribution in [3.8, 4) is 0 Å². The summed E-state index contributed by atoms with van der Waals surface area (Å²) in [6.07, 6.45) is 5.14. The smallest absolute Gasteiger partial charge is 0.242 e. The molecule has 0 saturated carbocycles. The molecule has 1 aromatic carbocycles. The molecule has 1 atom stereocenters. The summed E-state index contributed by atoms with van der Waals surface area (Å²) >= 11 is 0. The van der Waals surface area contributed by atoms with Gasteiger partial charge in [-0.2, -0.15) is 0 Å². The summed E-state index contributed by atoms with van der Waals surface area (Å²) in [6, 6.07) is 7.93. The van der Waals surface area contributed by atoms with Crippen molar-refractivity contribution < 1.29 is 9.53 Å². The second-order valence-electron chi connectivity index (χ2n) is 6.58. The van der Waals surface area contributed by atoms with Crippen LogP contribution in [-0.2, 0) is 16.1 Å². The summed E-state index contributed by atoms with van der Waals surface area (Å²) in [5.41, 5.74) is 2.17. The average Bonchev–Trinajstić information content (AvgIpc) is 3.14. The van der Waals surface area contributed by atoms with Gasteiger partial charge in [0.05, 0.1) is 24.0 Å². The zero-order chi connectivity index (χ0) is 15.0. The molecular weight excluding hydrogens is 278 g/mol. The monoisotopic (exact) mass is 299 g/mol. The van der Waals surface area contributed by atoms with E-state index >= 15 is 0 Å². The van der Waals surface area contributed by atoms with Crippen LogP contribution in [0.2, 0.25) is 0 Å². The van der Waals surface area contributed by atoms with Gasteiger partial charge >= 0.3 is 0 Å². The van der Waals surface area contributed by atoms with Gasteiger partial charge in [0.1, 0.15) is 6.54 Å². The Hall–Kier alpha value is -1.88. The molecule has 22 heavy (non-hydrogen) atoms. The molecule has 1 amide bonds. The minimum Gasteiger partial charge on any atom is -0.381 e. The lowest BCUT2D eigenvalue weighted by Crippen LogP contribution is -2.38. The van der Waals surface area contributed by atoms with Crippen LogP contribution >= 0.6 is 0 Å². The van der Waals surface area contributed by atoms with Gasteiger partial charge in [-0.05, 0) is 31.4 Å². The second kappa shape index (κ2) is 5.39. The third kappa shape index (κ3) is 2.39. The lowest BCUT2D eigenvalue weighted by Gasteiger charge is -2.33. The van der Waals surface area contributed by atoms with Crippen LogP contribution in [0.3, 0.4) is 0 Å². The van der Waals surface area contributed by atoms with E-state index < -0.39 is 0 Å². The maximum Gasteiger partial charge on any atom is 0.242 e. The maximum atomic E-state index is 12.6. The largest absolute Gasteiger partial charge is 0.381 e. The first kappa shape index (κ1) is 13.8. The summed E-state index contributed by atoms with van der Waals surface area (Å²) in [5, 5.41) is 0. The Labute approximate surface area is 129 Å². The molecule has 0 bridgehead atoms. The normalized spacial score (nSPS) is 25.2. The lowest BCUT2D eigenvalue weighted by atomic mass is 9.82. The topological polar surface area (TPSA) is 47.4 Å². The van der Waals surface area contributed by atoms with Crippen LogP contribution in [0.15, 0.2) is 30.6 Å². The molecule has 0 N–H and O–H groups in total. The minimum atomic E-state index is 0.186. The molecule has 2 aliphatic heterocycles. The van der Waals surface area contributed by atoms with E-state index in [1.54, 1.807) is 6.33 Å². The highest BCUT2D eigenvalue weighted by Gasteiger charge is 2.41. The van der Waals surface area contributed by atoms with E-state index in [0.717, 1.165) is 50.2 Å². The van der Waals surface area contributed by atoms with Gasteiger partial charge in [0.15, 0.2) is 0 Å². The van der Waals surface area contributed by atoms with Gasteiger partial charge in [0.2, 0.25) is 5.91 Å². The predicted octanol–water partition coefficient (Wildman–Crippen LogP) is 2.07. The number of hydrogen-bond donors (Lipinski definition) is 0. The Morgan fingerprint density at radius 1 is 1.32 bits per heavy atom. The van der Waals surface area contributed by atoms with Crippen LogP contribution in [0, 0.1) is 5.41 Å². The number of fused-ring (bicyclic) bond motifs is 1. The first-order valence-corrected chi connectivity index (χ1v) is 8.01. The minimum absolute atomic E-state index is 0.186.